The standard InChI is InChI=1S/C23H20BrClN4O/c1-23(2)9-17-21(18(30)10-23)20(13-3-6-15(25)7-4-13)16(11-26)22(27)29(17)19-8-5-14(24)12-28-19/h3-8,12,20H,9-10,27H2,1-2H3. The van der Waals surface area contributed by atoms with Crippen molar-refractivity contribution in [3.05, 3.63) is 80.3 Å². The van der Waals surface area contributed by atoms with Gasteiger partial charge in [0.1, 0.15) is 11.6 Å². The number of nitrogens with two attached hydrogens (primary N) is 1. The van der Waals surface area contributed by atoms with Gasteiger partial charge in [-0.1, -0.05) is 37.6 Å². The van der Waals surface area contributed by atoms with Crippen LogP contribution in [0.5, 0.6) is 0 Å². The Labute approximate surface area is 189 Å². The van der Waals surface area contributed by atoms with Crippen LogP contribution in [0.1, 0.15) is 38.2 Å². The van der Waals surface area contributed by atoms with Crippen LogP contribution in [0.25, 0.3) is 0 Å². The van der Waals surface area contributed by atoms with Gasteiger partial charge in [-0.15, -0.1) is 0 Å². The monoisotopic (exact) mass is 482 g/mol. The molecule has 2 heterocycles. The Bertz CT molecular complexity index is 1130. The number of halogens is 2. The number of ketones is 1. The molecule has 0 fully saturated rings. The molecule has 2 aliphatic rings. The van der Waals surface area contributed by atoms with Crippen molar-refractivity contribution in [3.63, 3.8) is 0 Å². The minimum absolute atomic E-state index is 0.0311. The first kappa shape index (κ1) is 20.6. The molecule has 0 spiro atoms. The lowest BCUT2D eigenvalue weighted by Gasteiger charge is -2.43. The third-order valence-corrected chi connectivity index (χ3v) is 6.25. The van der Waals surface area contributed by atoms with Gasteiger partial charge < -0.3 is 5.73 Å². The van der Waals surface area contributed by atoms with Crippen molar-refractivity contribution < 1.29 is 4.79 Å². The summed E-state index contributed by atoms with van der Waals surface area (Å²) in [6.07, 6.45) is 2.74. The van der Waals surface area contributed by atoms with Gasteiger partial charge in [0.25, 0.3) is 0 Å². The van der Waals surface area contributed by atoms with Crippen LogP contribution in [-0.4, -0.2) is 10.8 Å². The highest BCUT2D eigenvalue weighted by molar-refractivity contribution is 9.10. The van der Waals surface area contributed by atoms with Crippen molar-refractivity contribution in [2.45, 2.75) is 32.6 Å². The van der Waals surface area contributed by atoms with Crippen molar-refractivity contribution in [2.75, 3.05) is 4.90 Å². The minimum atomic E-state index is -0.516. The number of anilines is 1. The summed E-state index contributed by atoms with van der Waals surface area (Å²) in [5.41, 5.74) is 8.93. The summed E-state index contributed by atoms with van der Waals surface area (Å²) in [7, 11) is 0. The Kier molecular flexibility index (Phi) is 5.21. The molecular formula is C23H20BrClN4O. The van der Waals surface area contributed by atoms with Gasteiger partial charge in [0.05, 0.1) is 17.6 Å². The molecule has 1 unspecified atom stereocenters. The third kappa shape index (κ3) is 3.53. The fourth-order valence-electron chi connectivity index (χ4n) is 4.26. The van der Waals surface area contributed by atoms with E-state index in [-0.39, 0.29) is 11.2 Å². The maximum atomic E-state index is 13.4. The largest absolute Gasteiger partial charge is 0.384 e. The lowest BCUT2D eigenvalue weighted by atomic mass is 9.68. The van der Waals surface area contributed by atoms with E-state index >= 15 is 0 Å². The smallest absolute Gasteiger partial charge is 0.162 e. The molecular weight excluding hydrogens is 464 g/mol. The lowest BCUT2D eigenvalue weighted by Crippen LogP contribution is -2.42. The highest BCUT2D eigenvalue weighted by atomic mass is 79.9. The summed E-state index contributed by atoms with van der Waals surface area (Å²) in [4.78, 5) is 19.6. The second kappa shape index (κ2) is 7.57. The summed E-state index contributed by atoms with van der Waals surface area (Å²) >= 11 is 9.47. The Morgan fingerprint density at radius 2 is 1.93 bits per heavy atom. The number of aromatic nitrogens is 1. The van der Waals surface area contributed by atoms with Crippen LogP contribution in [0.4, 0.5) is 5.82 Å². The van der Waals surface area contributed by atoms with Crippen LogP contribution >= 0.6 is 27.5 Å². The van der Waals surface area contributed by atoms with Gasteiger partial charge >= 0.3 is 0 Å². The number of nitriles is 1. The molecule has 1 aliphatic heterocycles. The fraction of sp³-hybridized carbons (Fsp3) is 0.261. The number of carbonyl (C=O) groups is 1. The molecule has 2 aromatic rings. The summed E-state index contributed by atoms with van der Waals surface area (Å²) < 4.78 is 0.833. The fourth-order valence-corrected chi connectivity index (χ4v) is 4.62. The first-order chi connectivity index (χ1) is 14.2. The van der Waals surface area contributed by atoms with Crippen LogP contribution in [0, 0.1) is 16.7 Å². The predicted molar refractivity (Wildman–Crippen MR) is 120 cm³/mol. The topological polar surface area (TPSA) is 83.0 Å². The SMILES string of the molecule is CC1(C)CC(=O)C2=C(C1)N(c1ccc(Br)cn1)C(N)=C(C#N)C2c1ccc(Cl)cc1. The van der Waals surface area contributed by atoms with E-state index in [1.165, 1.54) is 0 Å². The van der Waals surface area contributed by atoms with Gasteiger partial charge in [0, 0.05) is 33.4 Å². The van der Waals surface area contributed by atoms with E-state index in [4.69, 9.17) is 17.3 Å². The Morgan fingerprint density at radius 1 is 1.23 bits per heavy atom. The van der Waals surface area contributed by atoms with E-state index in [9.17, 15) is 10.1 Å². The Morgan fingerprint density at radius 3 is 2.53 bits per heavy atom. The number of nitrogens with zero attached hydrogens (tertiary/aromatic N) is 3. The number of hydrogen-bond donors (Lipinski definition) is 1. The average Bonchev–Trinajstić information content (AvgIpc) is 2.68. The number of benzene rings is 1. The number of pyridine rings is 1. The molecule has 0 bridgehead atoms. The first-order valence-electron chi connectivity index (χ1n) is 9.55. The summed E-state index contributed by atoms with van der Waals surface area (Å²) in [6.45, 7) is 4.14. The molecule has 7 heteroatoms. The van der Waals surface area contributed by atoms with Gasteiger partial charge in [-0.05, 0) is 57.6 Å². The number of allylic oxidation sites excluding steroid dienone is 3. The second-order valence-electron chi connectivity index (χ2n) is 8.37. The molecule has 5 nitrogen and oxygen atoms in total. The van der Waals surface area contributed by atoms with E-state index in [0.717, 1.165) is 15.7 Å². The van der Waals surface area contributed by atoms with Gasteiger partial charge in [0.15, 0.2) is 5.78 Å². The zero-order chi connectivity index (χ0) is 21.6. The molecule has 152 valence electrons. The maximum Gasteiger partial charge on any atom is 0.162 e. The van der Waals surface area contributed by atoms with Gasteiger partial charge in [0.2, 0.25) is 0 Å². The van der Waals surface area contributed by atoms with Crippen LogP contribution in [0.2, 0.25) is 5.02 Å². The van der Waals surface area contributed by atoms with Gasteiger partial charge in [-0.3, -0.25) is 9.69 Å². The van der Waals surface area contributed by atoms with Crippen LogP contribution in [0.3, 0.4) is 0 Å². The normalized spacial score (nSPS) is 20.8. The molecule has 1 aromatic carbocycles. The summed E-state index contributed by atoms with van der Waals surface area (Å²) in [6, 6.07) is 13.2. The van der Waals surface area contributed by atoms with E-state index < -0.39 is 5.92 Å². The van der Waals surface area contributed by atoms with Crippen molar-refractivity contribution in [1.82, 2.24) is 4.98 Å². The third-order valence-electron chi connectivity index (χ3n) is 5.53. The summed E-state index contributed by atoms with van der Waals surface area (Å²) in [5.74, 6) is 0.397. The highest BCUT2D eigenvalue weighted by Gasteiger charge is 2.44. The van der Waals surface area contributed by atoms with E-state index in [1.807, 2.05) is 24.3 Å². The van der Waals surface area contributed by atoms with Crippen LogP contribution in [-0.2, 0) is 4.79 Å². The van der Waals surface area contributed by atoms with Crippen LogP contribution < -0.4 is 10.6 Å². The number of Topliss-reactive ketones (excluding diaryl/α,β-unsaturated/α-hetero) is 1. The van der Waals surface area contributed by atoms with Crippen molar-refractivity contribution in [1.29, 1.82) is 5.26 Å². The zero-order valence-corrected chi connectivity index (χ0v) is 19.0. The molecule has 1 aromatic heterocycles. The molecule has 0 amide bonds. The molecule has 0 saturated heterocycles. The van der Waals surface area contributed by atoms with Crippen LogP contribution in [0.15, 0.2) is 69.7 Å². The number of hydrogen-bond acceptors (Lipinski definition) is 5. The highest BCUT2D eigenvalue weighted by Crippen LogP contribution is 2.49. The Balaban J connectivity index is 1.98. The minimum Gasteiger partial charge on any atom is -0.384 e. The first-order valence-corrected chi connectivity index (χ1v) is 10.7. The summed E-state index contributed by atoms with van der Waals surface area (Å²) in [5, 5.41) is 10.6. The molecule has 0 radical (unpaired) electrons. The van der Waals surface area contributed by atoms with E-state index in [1.54, 1.807) is 23.2 Å². The Hall–Kier alpha value is -2.62. The molecule has 2 N–H and O–H groups in total. The molecule has 30 heavy (non-hydrogen) atoms. The maximum absolute atomic E-state index is 13.4. The number of carbonyl (C=O) groups excluding carboxylic acids is 1. The van der Waals surface area contributed by atoms with E-state index in [2.05, 4.69) is 40.8 Å². The average molecular weight is 484 g/mol. The molecule has 0 saturated carbocycles. The zero-order valence-electron chi connectivity index (χ0n) is 16.6. The number of rotatable bonds is 2. The van der Waals surface area contributed by atoms with Gasteiger partial charge in [-0.25, -0.2) is 4.98 Å². The molecule has 1 atom stereocenters. The predicted octanol–water partition coefficient (Wildman–Crippen LogP) is 5.44. The lowest BCUT2D eigenvalue weighted by molar-refractivity contribution is -0.118. The molecule has 4 rings (SSSR count). The van der Waals surface area contributed by atoms with Crippen molar-refractivity contribution in [3.8, 4) is 6.07 Å². The molecule has 1 aliphatic carbocycles. The second-order valence-corrected chi connectivity index (χ2v) is 9.72. The van der Waals surface area contributed by atoms with E-state index in [0.29, 0.717) is 40.6 Å². The van der Waals surface area contributed by atoms with Gasteiger partial charge in [-0.2, -0.15) is 5.26 Å². The van der Waals surface area contributed by atoms with Crippen molar-refractivity contribution >= 4 is 39.1 Å². The quantitative estimate of drug-likeness (QED) is 0.615. The van der Waals surface area contributed by atoms with Crippen molar-refractivity contribution in [2.24, 2.45) is 11.1 Å².